The fraction of sp³-hybridized carbons (Fsp3) is 0.316. The minimum Gasteiger partial charge on any atom is -0.314 e. The zero-order chi connectivity index (χ0) is 20.3. The Labute approximate surface area is 163 Å². The standard InChI is InChI=1S/C19H21F2N3O3S/c1-22(15-6-3-2-4-7-15)18(25)14-23-10-12-24(13-11-23)28(26,27)19-16(20)8-5-9-17(19)21/h2-9H,10-14H2,1H3. The van der Waals surface area contributed by atoms with E-state index < -0.39 is 26.6 Å². The molecule has 1 heterocycles. The Morgan fingerprint density at radius 3 is 2.11 bits per heavy atom. The molecular weight excluding hydrogens is 388 g/mol. The minimum absolute atomic E-state index is 0.0540. The lowest BCUT2D eigenvalue weighted by molar-refractivity contribution is -0.119. The number of hydrogen-bond acceptors (Lipinski definition) is 4. The molecule has 0 aromatic heterocycles. The van der Waals surface area contributed by atoms with Crippen LogP contribution in [0.4, 0.5) is 14.5 Å². The number of halogens is 2. The van der Waals surface area contributed by atoms with E-state index in [1.165, 1.54) is 4.90 Å². The Bertz CT molecular complexity index is 926. The van der Waals surface area contributed by atoms with Crippen molar-refractivity contribution in [3.05, 3.63) is 60.2 Å². The van der Waals surface area contributed by atoms with Crippen molar-refractivity contribution in [3.8, 4) is 0 Å². The molecule has 9 heteroatoms. The third-order valence-electron chi connectivity index (χ3n) is 4.72. The lowest BCUT2D eigenvalue weighted by Crippen LogP contribution is -2.51. The molecule has 0 unspecified atom stereocenters. The van der Waals surface area contributed by atoms with Crippen molar-refractivity contribution < 1.29 is 22.0 Å². The van der Waals surface area contributed by atoms with Crippen LogP contribution < -0.4 is 4.90 Å². The number of carbonyl (C=O) groups excluding carboxylic acids is 1. The van der Waals surface area contributed by atoms with Crippen LogP contribution >= 0.6 is 0 Å². The number of piperazine rings is 1. The predicted octanol–water partition coefficient (Wildman–Crippen LogP) is 1.93. The van der Waals surface area contributed by atoms with Crippen molar-refractivity contribution in [1.29, 1.82) is 0 Å². The smallest absolute Gasteiger partial charge is 0.249 e. The number of para-hydroxylation sites is 1. The maximum atomic E-state index is 13.9. The molecule has 2 aromatic carbocycles. The molecule has 1 fully saturated rings. The summed E-state index contributed by atoms with van der Waals surface area (Å²) in [5, 5.41) is 0. The molecule has 0 saturated carbocycles. The number of hydrogen-bond donors (Lipinski definition) is 0. The molecule has 0 spiro atoms. The Hall–Kier alpha value is -2.36. The van der Waals surface area contributed by atoms with Gasteiger partial charge in [-0.25, -0.2) is 17.2 Å². The average Bonchev–Trinajstić information content (AvgIpc) is 2.68. The van der Waals surface area contributed by atoms with Crippen LogP contribution in [0.15, 0.2) is 53.4 Å². The summed E-state index contributed by atoms with van der Waals surface area (Å²) in [6.45, 7) is 0.831. The molecule has 1 amide bonds. The number of likely N-dealkylation sites (N-methyl/N-ethyl adjacent to an activating group) is 1. The Kier molecular flexibility index (Phi) is 6.07. The zero-order valence-electron chi connectivity index (χ0n) is 15.4. The van der Waals surface area contributed by atoms with Gasteiger partial charge in [0.15, 0.2) is 4.90 Å². The first-order chi connectivity index (χ1) is 13.3. The first-order valence-electron chi connectivity index (χ1n) is 8.79. The van der Waals surface area contributed by atoms with Gasteiger partial charge >= 0.3 is 0 Å². The van der Waals surface area contributed by atoms with E-state index in [0.717, 1.165) is 28.2 Å². The minimum atomic E-state index is -4.27. The fourth-order valence-electron chi connectivity index (χ4n) is 3.08. The van der Waals surface area contributed by atoms with Crippen LogP contribution in [-0.4, -0.2) is 63.3 Å². The van der Waals surface area contributed by atoms with Gasteiger partial charge in [0.05, 0.1) is 6.54 Å². The maximum absolute atomic E-state index is 13.9. The normalized spacial score (nSPS) is 16.1. The lowest BCUT2D eigenvalue weighted by atomic mass is 10.3. The summed E-state index contributed by atoms with van der Waals surface area (Å²) in [5.74, 6) is -2.34. The van der Waals surface area contributed by atoms with Crippen molar-refractivity contribution in [1.82, 2.24) is 9.21 Å². The monoisotopic (exact) mass is 409 g/mol. The highest BCUT2D eigenvalue weighted by Gasteiger charge is 2.33. The van der Waals surface area contributed by atoms with E-state index >= 15 is 0 Å². The molecule has 1 aliphatic rings. The first-order valence-corrected chi connectivity index (χ1v) is 10.2. The Morgan fingerprint density at radius 1 is 0.964 bits per heavy atom. The average molecular weight is 409 g/mol. The maximum Gasteiger partial charge on any atom is 0.249 e. The van der Waals surface area contributed by atoms with Crippen LogP contribution in [0.5, 0.6) is 0 Å². The number of benzene rings is 2. The summed E-state index contributed by atoms with van der Waals surface area (Å²) in [6.07, 6.45) is 0. The van der Waals surface area contributed by atoms with Gasteiger partial charge in [0.2, 0.25) is 15.9 Å². The third kappa shape index (κ3) is 4.21. The second-order valence-corrected chi connectivity index (χ2v) is 8.39. The third-order valence-corrected chi connectivity index (χ3v) is 6.68. The van der Waals surface area contributed by atoms with E-state index in [9.17, 15) is 22.0 Å². The van der Waals surface area contributed by atoms with Crippen molar-refractivity contribution in [3.63, 3.8) is 0 Å². The molecule has 1 aliphatic heterocycles. The summed E-state index contributed by atoms with van der Waals surface area (Å²) in [4.78, 5) is 14.9. The molecule has 0 atom stereocenters. The summed E-state index contributed by atoms with van der Waals surface area (Å²) in [7, 11) is -2.59. The van der Waals surface area contributed by atoms with Gasteiger partial charge in [0.1, 0.15) is 11.6 Å². The summed E-state index contributed by atoms with van der Waals surface area (Å²) >= 11 is 0. The number of sulfonamides is 1. The Morgan fingerprint density at radius 2 is 1.54 bits per heavy atom. The summed E-state index contributed by atoms with van der Waals surface area (Å²) in [6, 6.07) is 12.1. The second kappa shape index (κ2) is 8.34. The molecule has 0 radical (unpaired) electrons. The second-order valence-electron chi connectivity index (χ2n) is 6.52. The SMILES string of the molecule is CN(C(=O)CN1CCN(S(=O)(=O)c2c(F)cccc2F)CC1)c1ccccc1. The van der Waals surface area contributed by atoms with Crippen molar-refractivity contribution in [2.24, 2.45) is 0 Å². The quantitative estimate of drug-likeness (QED) is 0.757. The topological polar surface area (TPSA) is 60.9 Å². The van der Waals surface area contributed by atoms with Crippen LogP contribution in [-0.2, 0) is 14.8 Å². The number of amides is 1. The molecule has 3 rings (SSSR count). The van der Waals surface area contributed by atoms with Gasteiger partial charge in [-0.05, 0) is 24.3 Å². The van der Waals surface area contributed by atoms with Gasteiger partial charge in [0.25, 0.3) is 0 Å². The lowest BCUT2D eigenvalue weighted by Gasteiger charge is -2.34. The van der Waals surface area contributed by atoms with Crippen LogP contribution in [0.3, 0.4) is 0 Å². The van der Waals surface area contributed by atoms with E-state index in [0.29, 0.717) is 13.1 Å². The molecule has 0 bridgehead atoms. The van der Waals surface area contributed by atoms with Crippen LogP contribution in [0, 0.1) is 11.6 Å². The van der Waals surface area contributed by atoms with Crippen molar-refractivity contribution >= 4 is 21.6 Å². The molecule has 0 aliphatic carbocycles. The number of nitrogens with zero attached hydrogens (tertiary/aromatic N) is 3. The van der Waals surface area contributed by atoms with Crippen LogP contribution in [0.2, 0.25) is 0 Å². The number of anilines is 1. The van der Waals surface area contributed by atoms with Crippen molar-refractivity contribution in [2.75, 3.05) is 44.7 Å². The highest BCUT2D eigenvalue weighted by atomic mass is 32.2. The highest BCUT2D eigenvalue weighted by Crippen LogP contribution is 2.23. The van der Waals surface area contributed by atoms with E-state index in [2.05, 4.69) is 0 Å². The molecule has 1 saturated heterocycles. The van der Waals surface area contributed by atoms with Crippen LogP contribution in [0.1, 0.15) is 0 Å². The summed E-state index contributed by atoms with van der Waals surface area (Å²) in [5.41, 5.74) is 0.767. The summed E-state index contributed by atoms with van der Waals surface area (Å²) < 4.78 is 54.0. The zero-order valence-corrected chi connectivity index (χ0v) is 16.2. The largest absolute Gasteiger partial charge is 0.314 e. The molecule has 28 heavy (non-hydrogen) atoms. The molecule has 2 aromatic rings. The number of carbonyl (C=O) groups is 1. The van der Waals surface area contributed by atoms with Crippen molar-refractivity contribution in [2.45, 2.75) is 4.90 Å². The molecule has 150 valence electrons. The van der Waals surface area contributed by atoms with Gasteiger partial charge < -0.3 is 4.90 Å². The first kappa shape index (κ1) is 20.4. The fourth-order valence-corrected chi connectivity index (χ4v) is 4.61. The predicted molar refractivity (Wildman–Crippen MR) is 101 cm³/mol. The molecular formula is C19H21F2N3O3S. The van der Waals surface area contributed by atoms with E-state index in [1.807, 2.05) is 35.2 Å². The van der Waals surface area contributed by atoms with E-state index in [4.69, 9.17) is 0 Å². The highest BCUT2D eigenvalue weighted by molar-refractivity contribution is 7.89. The Balaban J connectivity index is 1.62. The van der Waals surface area contributed by atoms with Gasteiger partial charge in [-0.1, -0.05) is 24.3 Å². The van der Waals surface area contributed by atoms with Crippen LogP contribution in [0.25, 0.3) is 0 Å². The molecule has 0 N–H and O–H groups in total. The number of rotatable bonds is 5. The van der Waals surface area contributed by atoms with Gasteiger partial charge in [0, 0.05) is 38.9 Å². The van der Waals surface area contributed by atoms with Gasteiger partial charge in [-0.15, -0.1) is 0 Å². The van der Waals surface area contributed by atoms with Gasteiger partial charge in [-0.2, -0.15) is 4.31 Å². The van der Waals surface area contributed by atoms with E-state index in [-0.39, 0.29) is 25.5 Å². The van der Waals surface area contributed by atoms with E-state index in [1.54, 1.807) is 7.05 Å². The van der Waals surface area contributed by atoms with Gasteiger partial charge in [-0.3, -0.25) is 9.69 Å². The molecule has 6 nitrogen and oxygen atoms in total.